The Bertz CT molecular complexity index is 4570. The quantitative estimate of drug-likeness (QED) is 0.165. The number of fused-ring (bicyclic) bond motifs is 16. The standard InChI is InChI=1S/C70H52N2O4/c1-69(2,3)41-19-15-21-43(35-41)71(55-31-17-29-51-47-25-11-13-33-59(47)75-67(51)55)57-39-63-65(49-27-9-7-23-45(49)57)53-37-62-54(38-61(53)73-63)66-50-28-10-8-24-46(50)58(40-64(66)74-62)72(44-22-16-20-42(36-44)70(4,5)6)56-32-18-30-52-48-26-12-14-34-60(48)76-68(52)56/h7-40H,1-6H3. The average Bonchev–Trinajstić information content (AvgIpc) is 4.30. The molecule has 0 aliphatic heterocycles. The van der Waals surface area contributed by atoms with E-state index in [9.17, 15) is 0 Å². The van der Waals surface area contributed by atoms with Crippen LogP contribution in [0, 0.1) is 0 Å². The second kappa shape index (κ2) is 16.1. The monoisotopic (exact) mass is 984 g/mol. The van der Waals surface area contributed by atoms with Gasteiger partial charge in [-0.25, -0.2) is 0 Å². The molecule has 4 heterocycles. The Kier molecular flexibility index (Phi) is 9.38. The lowest BCUT2D eigenvalue weighted by Crippen LogP contribution is -2.14. The molecule has 366 valence electrons. The maximum atomic E-state index is 7.15. The highest BCUT2D eigenvalue weighted by atomic mass is 16.3. The lowest BCUT2D eigenvalue weighted by molar-refractivity contribution is 0.590. The molecule has 0 N–H and O–H groups in total. The van der Waals surface area contributed by atoms with E-state index in [4.69, 9.17) is 17.7 Å². The molecule has 0 radical (unpaired) electrons. The van der Waals surface area contributed by atoms with Gasteiger partial charge in [0.1, 0.15) is 33.5 Å². The fourth-order valence-corrected chi connectivity index (χ4v) is 12.0. The van der Waals surface area contributed by atoms with Crippen LogP contribution < -0.4 is 9.80 Å². The maximum absolute atomic E-state index is 7.15. The third kappa shape index (κ3) is 6.66. The van der Waals surface area contributed by atoms with Crippen molar-refractivity contribution in [2.24, 2.45) is 0 Å². The summed E-state index contributed by atoms with van der Waals surface area (Å²) in [5.74, 6) is 0. The van der Waals surface area contributed by atoms with E-state index < -0.39 is 0 Å². The Labute approximate surface area is 438 Å². The van der Waals surface area contributed by atoms with Crippen LogP contribution in [0.2, 0.25) is 0 Å². The van der Waals surface area contributed by atoms with Crippen molar-refractivity contribution >= 4 is 143 Å². The number of para-hydroxylation sites is 4. The van der Waals surface area contributed by atoms with Gasteiger partial charge in [0, 0.05) is 77.4 Å². The van der Waals surface area contributed by atoms with Gasteiger partial charge in [0.25, 0.3) is 0 Å². The van der Waals surface area contributed by atoms with E-state index in [0.29, 0.717) is 0 Å². The maximum Gasteiger partial charge on any atom is 0.159 e. The van der Waals surface area contributed by atoms with Crippen LogP contribution in [0.3, 0.4) is 0 Å². The van der Waals surface area contributed by atoms with Crippen LogP contribution >= 0.6 is 0 Å². The first-order chi connectivity index (χ1) is 36.9. The predicted octanol–water partition coefficient (Wildman–Crippen LogP) is 21.1. The molecule has 15 rings (SSSR count). The molecule has 0 amide bonds. The highest BCUT2D eigenvalue weighted by Crippen LogP contribution is 2.51. The zero-order chi connectivity index (χ0) is 51.2. The summed E-state index contributed by atoms with van der Waals surface area (Å²) in [5.41, 5.74) is 14.8. The van der Waals surface area contributed by atoms with E-state index in [-0.39, 0.29) is 10.8 Å². The van der Waals surface area contributed by atoms with E-state index in [2.05, 4.69) is 233 Å². The SMILES string of the molecule is CC(C)(C)c1cccc(N(c2cc3oc4cc5c(cc4c3c3ccccc23)oc2cc(N(c3cccc(C(C)(C)C)c3)c3cccc4c3oc3ccccc34)c3ccccc3c25)c2cccc3c2oc2ccccc23)c1. The Morgan fingerprint density at radius 3 is 1.05 bits per heavy atom. The van der Waals surface area contributed by atoms with Gasteiger partial charge in [-0.2, -0.15) is 0 Å². The van der Waals surface area contributed by atoms with E-state index in [1.807, 2.05) is 24.3 Å². The summed E-state index contributed by atoms with van der Waals surface area (Å²) >= 11 is 0. The Morgan fingerprint density at radius 2 is 0.632 bits per heavy atom. The minimum Gasteiger partial charge on any atom is -0.456 e. The first-order valence-electron chi connectivity index (χ1n) is 26.2. The highest BCUT2D eigenvalue weighted by molar-refractivity contribution is 6.28. The molecule has 0 saturated carbocycles. The molecule has 0 bridgehead atoms. The number of anilines is 6. The van der Waals surface area contributed by atoms with Crippen molar-refractivity contribution in [3.8, 4) is 0 Å². The molecular formula is C70H52N2O4. The molecule has 0 saturated heterocycles. The summed E-state index contributed by atoms with van der Waals surface area (Å²) < 4.78 is 27.9. The molecule has 6 heteroatoms. The summed E-state index contributed by atoms with van der Waals surface area (Å²) in [6, 6.07) is 73.5. The number of hydrogen-bond donors (Lipinski definition) is 0. The first kappa shape index (κ1) is 44.2. The third-order valence-corrected chi connectivity index (χ3v) is 15.7. The zero-order valence-electron chi connectivity index (χ0n) is 43.2. The number of benzene rings is 11. The summed E-state index contributed by atoms with van der Waals surface area (Å²) in [7, 11) is 0. The van der Waals surface area contributed by atoms with Gasteiger partial charge in [-0.1, -0.05) is 175 Å². The van der Waals surface area contributed by atoms with Crippen LogP contribution in [0.25, 0.3) is 109 Å². The highest BCUT2D eigenvalue weighted by Gasteiger charge is 2.28. The number of furan rings is 4. The van der Waals surface area contributed by atoms with Crippen molar-refractivity contribution in [2.75, 3.05) is 9.80 Å². The van der Waals surface area contributed by atoms with Gasteiger partial charge in [-0.05, 0) is 93.4 Å². The fourth-order valence-electron chi connectivity index (χ4n) is 12.0. The third-order valence-electron chi connectivity index (χ3n) is 15.7. The van der Waals surface area contributed by atoms with Crippen molar-refractivity contribution in [2.45, 2.75) is 52.4 Å². The Balaban J connectivity index is 0.965. The molecule has 11 aromatic carbocycles. The summed E-state index contributed by atoms with van der Waals surface area (Å²) in [4.78, 5) is 4.71. The van der Waals surface area contributed by atoms with Crippen molar-refractivity contribution in [1.29, 1.82) is 0 Å². The van der Waals surface area contributed by atoms with Crippen LogP contribution in [-0.2, 0) is 10.8 Å². The van der Waals surface area contributed by atoms with E-state index in [0.717, 1.165) is 143 Å². The van der Waals surface area contributed by atoms with E-state index >= 15 is 0 Å². The van der Waals surface area contributed by atoms with Crippen molar-refractivity contribution in [3.63, 3.8) is 0 Å². The van der Waals surface area contributed by atoms with Crippen molar-refractivity contribution in [3.05, 3.63) is 217 Å². The van der Waals surface area contributed by atoms with Crippen LogP contribution in [0.4, 0.5) is 34.1 Å². The average molecular weight is 985 g/mol. The second-order valence-corrected chi connectivity index (χ2v) is 22.5. The van der Waals surface area contributed by atoms with E-state index in [1.54, 1.807) is 0 Å². The van der Waals surface area contributed by atoms with Gasteiger partial charge in [0.2, 0.25) is 0 Å². The molecule has 0 fully saturated rings. The molecule has 0 aliphatic carbocycles. The normalized spacial score (nSPS) is 12.6. The first-order valence-corrected chi connectivity index (χ1v) is 26.2. The molecule has 0 atom stereocenters. The summed E-state index contributed by atoms with van der Waals surface area (Å²) in [6.07, 6.45) is 0. The van der Waals surface area contributed by atoms with Gasteiger partial charge in [-0.3, -0.25) is 0 Å². The smallest absolute Gasteiger partial charge is 0.159 e. The molecule has 76 heavy (non-hydrogen) atoms. The second-order valence-electron chi connectivity index (χ2n) is 22.5. The van der Waals surface area contributed by atoms with Gasteiger partial charge in [0.15, 0.2) is 11.2 Å². The molecule has 0 unspecified atom stereocenters. The number of rotatable bonds is 6. The lowest BCUT2D eigenvalue weighted by atomic mass is 9.86. The van der Waals surface area contributed by atoms with E-state index in [1.165, 1.54) is 11.1 Å². The van der Waals surface area contributed by atoms with Gasteiger partial charge in [0.05, 0.1) is 22.7 Å². The molecule has 6 nitrogen and oxygen atoms in total. The molecule has 15 aromatic rings. The summed E-state index contributed by atoms with van der Waals surface area (Å²) in [6.45, 7) is 13.6. The molecular weight excluding hydrogens is 933 g/mol. The Morgan fingerprint density at radius 1 is 0.263 bits per heavy atom. The van der Waals surface area contributed by atoms with Gasteiger partial charge >= 0.3 is 0 Å². The van der Waals surface area contributed by atoms with Gasteiger partial charge in [-0.15, -0.1) is 0 Å². The van der Waals surface area contributed by atoms with Crippen molar-refractivity contribution < 1.29 is 17.7 Å². The zero-order valence-corrected chi connectivity index (χ0v) is 43.2. The van der Waals surface area contributed by atoms with Gasteiger partial charge < -0.3 is 27.5 Å². The predicted molar refractivity (Wildman–Crippen MR) is 317 cm³/mol. The topological polar surface area (TPSA) is 59.0 Å². The summed E-state index contributed by atoms with van der Waals surface area (Å²) in [5, 5.41) is 12.7. The van der Waals surface area contributed by atoms with Crippen LogP contribution in [0.1, 0.15) is 52.7 Å². The molecule has 0 aliphatic rings. The molecule has 0 spiro atoms. The van der Waals surface area contributed by atoms with Crippen LogP contribution in [-0.4, -0.2) is 0 Å². The fraction of sp³-hybridized carbons (Fsp3) is 0.114. The largest absolute Gasteiger partial charge is 0.456 e. The minimum atomic E-state index is -0.0761. The van der Waals surface area contributed by atoms with Crippen LogP contribution in [0.15, 0.2) is 224 Å². The molecule has 4 aromatic heterocycles. The van der Waals surface area contributed by atoms with Crippen LogP contribution in [0.5, 0.6) is 0 Å². The van der Waals surface area contributed by atoms with Crippen molar-refractivity contribution in [1.82, 2.24) is 0 Å². The number of hydrogen-bond acceptors (Lipinski definition) is 6. The Hall–Kier alpha value is -9.26. The number of nitrogens with zero attached hydrogens (tertiary/aromatic N) is 2. The minimum absolute atomic E-state index is 0.0761. The lowest BCUT2D eigenvalue weighted by Gasteiger charge is -2.29.